The molecule has 5 N–H and O–H groups in total. The van der Waals surface area contributed by atoms with Crippen molar-refractivity contribution in [2.45, 2.75) is 44.7 Å². The molecule has 0 aliphatic heterocycles. The topological polar surface area (TPSA) is 130 Å². The van der Waals surface area contributed by atoms with E-state index in [4.69, 9.17) is 15.9 Å². The Morgan fingerprint density at radius 1 is 1.18 bits per heavy atom. The van der Waals surface area contributed by atoms with Crippen molar-refractivity contribution in [3.05, 3.63) is 0 Å². The fourth-order valence-electron chi connectivity index (χ4n) is 1.15. The van der Waals surface area contributed by atoms with Gasteiger partial charge in [-0.3, -0.25) is 9.59 Å². The summed E-state index contributed by atoms with van der Waals surface area (Å²) in [5.74, 6) is -2.76. The molecule has 7 nitrogen and oxygen atoms in total. The Balaban J connectivity index is 4.11. The number of hydrogen-bond donors (Lipinski definition) is 4. The van der Waals surface area contributed by atoms with E-state index in [0.717, 1.165) is 0 Å². The number of rotatable bonds is 8. The van der Waals surface area contributed by atoms with Crippen LogP contribution in [-0.4, -0.2) is 40.1 Å². The molecule has 0 bridgehead atoms. The average molecular weight is 246 g/mol. The number of amides is 1. The SMILES string of the molecule is CC(N)CCC(=O)N[C@@H](CCC(=O)O)C(=O)O. The molecule has 0 saturated heterocycles. The number of nitrogens with two attached hydrogens (primary N) is 1. The van der Waals surface area contributed by atoms with E-state index in [0.29, 0.717) is 6.42 Å². The van der Waals surface area contributed by atoms with Gasteiger partial charge in [0.15, 0.2) is 0 Å². The molecule has 7 heteroatoms. The second-order valence-electron chi connectivity index (χ2n) is 3.91. The van der Waals surface area contributed by atoms with Crippen LogP contribution in [0.5, 0.6) is 0 Å². The molecule has 0 aromatic rings. The number of carbonyl (C=O) groups excluding carboxylic acids is 1. The van der Waals surface area contributed by atoms with Crippen molar-refractivity contribution in [1.29, 1.82) is 0 Å². The van der Waals surface area contributed by atoms with Crippen LogP contribution >= 0.6 is 0 Å². The van der Waals surface area contributed by atoms with E-state index in [1.54, 1.807) is 6.92 Å². The van der Waals surface area contributed by atoms with Crippen LogP contribution < -0.4 is 11.1 Å². The second kappa shape index (κ2) is 7.61. The van der Waals surface area contributed by atoms with Crippen molar-refractivity contribution < 1.29 is 24.6 Å². The summed E-state index contributed by atoms with van der Waals surface area (Å²) in [5.41, 5.74) is 5.46. The largest absolute Gasteiger partial charge is 0.481 e. The van der Waals surface area contributed by atoms with Gasteiger partial charge < -0.3 is 21.3 Å². The van der Waals surface area contributed by atoms with Crippen LogP contribution in [0.4, 0.5) is 0 Å². The summed E-state index contributed by atoms with van der Waals surface area (Å²) in [7, 11) is 0. The van der Waals surface area contributed by atoms with Gasteiger partial charge >= 0.3 is 11.9 Å². The second-order valence-corrected chi connectivity index (χ2v) is 3.91. The molecule has 0 rings (SSSR count). The molecule has 2 atom stereocenters. The molecule has 0 saturated carbocycles. The lowest BCUT2D eigenvalue weighted by Crippen LogP contribution is -2.41. The Bertz CT molecular complexity index is 290. The van der Waals surface area contributed by atoms with Gasteiger partial charge in [-0.15, -0.1) is 0 Å². The zero-order valence-electron chi connectivity index (χ0n) is 9.68. The molecule has 0 aromatic heterocycles. The molecule has 0 spiro atoms. The molecule has 0 heterocycles. The van der Waals surface area contributed by atoms with Gasteiger partial charge in [-0.1, -0.05) is 0 Å². The van der Waals surface area contributed by atoms with E-state index in [1.807, 2.05) is 0 Å². The number of carbonyl (C=O) groups is 3. The van der Waals surface area contributed by atoms with Gasteiger partial charge in [-0.25, -0.2) is 4.79 Å². The molecule has 0 radical (unpaired) electrons. The standard InChI is InChI=1S/C10H18N2O5/c1-6(11)2-4-8(13)12-7(10(16)17)3-5-9(14)15/h6-7H,2-5,11H2,1H3,(H,12,13)(H,14,15)(H,16,17)/t6?,7-/m0/s1. The van der Waals surface area contributed by atoms with Crippen LogP contribution in [0, 0.1) is 0 Å². The molecular weight excluding hydrogens is 228 g/mol. The predicted octanol–water partition coefficient (Wildman–Crippen LogP) is -0.452. The summed E-state index contributed by atoms with van der Waals surface area (Å²) in [6, 6.07) is -1.30. The minimum Gasteiger partial charge on any atom is -0.481 e. The van der Waals surface area contributed by atoms with E-state index >= 15 is 0 Å². The smallest absolute Gasteiger partial charge is 0.326 e. The van der Waals surface area contributed by atoms with Gasteiger partial charge in [-0.2, -0.15) is 0 Å². The van der Waals surface area contributed by atoms with Crippen LogP contribution in [-0.2, 0) is 14.4 Å². The normalized spacial score (nSPS) is 13.8. The van der Waals surface area contributed by atoms with E-state index in [2.05, 4.69) is 5.32 Å². The third-order valence-electron chi connectivity index (χ3n) is 2.11. The molecule has 98 valence electrons. The van der Waals surface area contributed by atoms with E-state index in [-0.39, 0.29) is 25.3 Å². The first-order valence-corrected chi connectivity index (χ1v) is 5.32. The Morgan fingerprint density at radius 2 is 1.76 bits per heavy atom. The zero-order valence-corrected chi connectivity index (χ0v) is 9.68. The summed E-state index contributed by atoms with van der Waals surface area (Å²) in [6.45, 7) is 1.74. The van der Waals surface area contributed by atoms with Crippen LogP contribution in [0.15, 0.2) is 0 Å². The number of carboxylic acid groups (broad SMARTS) is 2. The highest BCUT2D eigenvalue weighted by Crippen LogP contribution is 2.00. The summed E-state index contributed by atoms with van der Waals surface area (Å²) in [6.07, 6.45) is 0.157. The third kappa shape index (κ3) is 8.21. The Labute approximate surface area is 99.0 Å². The molecule has 0 aliphatic rings. The van der Waals surface area contributed by atoms with Gasteiger partial charge in [0.1, 0.15) is 6.04 Å². The lowest BCUT2D eigenvalue weighted by molar-refractivity contribution is -0.143. The quantitative estimate of drug-likeness (QED) is 0.459. The van der Waals surface area contributed by atoms with Crippen LogP contribution in [0.2, 0.25) is 0 Å². The number of carboxylic acids is 2. The minimum atomic E-state index is -1.24. The van der Waals surface area contributed by atoms with E-state index in [1.165, 1.54) is 0 Å². The highest BCUT2D eigenvalue weighted by atomic mass is 16.4. The molecule has 1 amide bonds. The fraction of sp³-hybridized carbons (Fsp3) is 0.700. The van der Waals surface area contributed by atoms with E-state index < -0.39 is 23.9 Å². The molecular formula is C10H18N2O5. The zero-order chi connectivity index (χ0) is 13.4. The first kappa shape index (κ1) is 15.4. The maximum absolute atomic E-state index is 11.3. The maximum atomic E-state index is 11.3. The average Bonchev–Trinajstić information content (AvgIpc) is 2.20. The van der Waals surface area contributed by atoms with E-state index in [9.17, 15) is 14.4 Å². The first-order valence-electron chi connectivity index (χ1n) is 5.32. The first-order chi connectivity index (χ1) is 7.82. The fourth-order valence-corrected chi connectivity index (χ4v) is 1.15. The van der Waals surface area contributed by atoms with Crippen molar-refractivity contribution in [3.8, 4) is 0 Å². The predicted molar refractivity (Wildman–Crippen MR) is 59.3 cm³/mol. The van der Waals surface area contributed by atoms with Crippen LogP contribution in [0.3, 0.4) is 0 Å². The van der Waals surface area contributed by atoms with Crippen molar-refractivity contribution >= 4 is 17.8 Å². The summed E-state index contributed by atoms with van der Waals surface area (Å²) in [5, 5.41) is 19.5. The third-order valence-corrected chi connectivity index (χ3v) is 2.11. The lowest BCUT2D eigenvalue weighted by atomic mass is 10.1. The van der Waals surface area contributed by atoms with Crippen molar-refractivity contribution in [3.63, 3.8) is 0 Å². The number of aliphatic carboxylic acids is 2. The van der Waals surface area contributed by atoms with Crippen molar-refractivity contribution in [1.82, 2.24) is 5.32 Å². The monoisotopic (exact) mass is 246 g/mol. The molecule has 1 unspecified atom stereocenters. The maximum Gasteiger partial charge on any atom is 0.326 e. The highest BCUT2D eigenvalue weighted by molar-refractivity contribution is 5.83. The van der Waals surface area contributed by atoms with Crippen molar-refractivity contribution in [2.24, 2.45) is 5.73 Å². The van der Waals surface area contributed by atoms with Gasteiger partial charge in [0.05, 0.1) is 0 Å². The highest BCUT2D eigenvalue weighted by Gasteiger charge is 2.20. The van der Waals surface area contributed by atoms with Gasteiger partial charge in [0.2, 0.25) is 5.91 Å². The summed E-state index contributed by atoms with van der Waals surface area (Å²) < 4.78 is 0. The Kier molecular flexibility index (Phi) is 6.88. The Morgan fingerprint density at radius 3 is 2.18 bits per heavy atom. The summed E-state index contributed by atoms with van der Waals surface area (Å²) >= 11 is 0. The van der Waals surface area contributed by atoms with Gasteiger partial charge in [0.25, 0.3) is 0 Å². The van der Waals surface area contributed by atoms with Crippen molar-refractivity contribution in [2.75, 3.05) is 0 Å². The number of nitrogens with one attached hydrogen (secondary N) is 1. The van der Waals surface area contributed by atoms with Gasteiger partial charge in [0, 0.05) is 18.9 Å². The minimum absolute atomic E-state index is 0.130. The molecule has 0 aromatic carbocycles. The summed E-state index contributed by atoms with van der Waals surface area (Å²) in [4.78, 5) is 32.4. The molecule has 0 aliphatic carbocycles. The number of hydrogen-bond acceptors (Lipinski definition) is 4. The lowest BCUT2D eigenvalue weighted by Gasteiger charge is -2.13. The molecule has 17 heavy (non-hydrogen) atoms. The van der Waals surface area contributed by atoms with Gasteiger partial charge in [-0.05, 0) is 19.8 Å². The van der Waals surface area contributed by atoms with Crippen LogP contribution in [0.25, 0.3) is 0 Å². The Hall–Kier alpha value is -1.63. The molecule has 0 fully saturated rings. The van der Waals surface area contributed by atoms with Crippen LogP contribution in [0.1, 0.15) is 32.6 Å².